The highest BCUT2D eigenvalue weighted by Crippen LogP contribution is 2.51. The van der Waals surface area contributed by atoms with Crippen molar-refractivity contribution in [2.45, 2.75) is 62.9 Å². The molecule has 2 unspecified atom stereocenters. The lowest BCUT2D eigenvalue weighted by atomic mass is 9.61. The molecule has 1 saturated carbocycles. The zero-order chi connectivity index (χ0) is 14.2. The van der Waals surface area contributed by atoms with Gasteiger partial charge in [-0.2, -0.15) is 5.26 Å². The molecule has 2 aliphatic carbocycles. The van der Waals surface area contributed by atoms with Crippen molar-refractivity contribution in [3.8, 4) is 6.07 Å². The first-order valence-electron chi connectivity index (χ1n) is 7.84. The van der Waals surface area contributed by atoms with E-state index in [2.05, 4.69) is 12.1 Å². The molecule has 1 N–H and O–H groups in total. The van der Waals surface area contributed by atoms with E-state index in [9.17, 15) is 10.4 Å². The number of benzene rings is 1. The number of fused-ring (bicyclic) bond motifs is 1. The van der Waals surface area contributed by atoms with E-state index in [4.69, 9.17) is 0 Å². The maximum Gasteiger partial charge on any atom is 0.111 e. The SMILES string of the molecule is CC(O)(C1CCCCC1)C1(C#N)CCc2ccccc21. The minimum atomic E-state index is -0.922. The highest BCUT2D eigenvalue weighted by atomic mass is 16.3. The molecule has 106 valence electrons. The number of nitriles is 1. The standard InChI is InChI=1S/C18H23NO/c1-17(20,15-8-3-2-4-9-15)18(13-19)12-11-14-7-5-6-10-16(14)18/h5-7,10,15,20H,2-4,8-9,11-12H2,1H3. The van der Waals surface area contributed by atoms with Crippen LogP contribution in [0.25, 0.3) is 0 Å². The van der Waals surface area contributed by atoms with Crippen molar-refractivity contribution in [3.63, 3.8) is 0 Å². The summed E-state index contributed by atoms with van der Waals surface area (Å²) in [6.45, 7) is 1.91. The zero-order valence-electron chi connectivity index (χ0n) is 12.2. The van der Waals surface area contributed by atoms with E-state index in [1.807, 2.05) is 25.1 Å². The fraction of sp³-hybridized carbons (Fsp3) is 0.611. The van der Waals surface area contributed by atoms with Crippen LogP contribution in [-0.2, 0) is 11.8 Å². The third kappa shape index (κ3) is 1.80. The van der Waals surface area contributed by atoms with Crippen LogP contribution in [0.1, 0.15) is 56.6 Å². The Labute approximate surface area is 121 Å². The molecule has 0 aliphatic heterocycles. The van der Waals surface area contributed by atoms with Crippen molar-refractivity contribution in [3.05, 3.63) is 35.4 Å². The van der Waals surface area contributed by atoms with Crippen LogP contribution in [-0.4, -0.2) is 10.7 Å². The van der Waals surface area contributed by atoms with Crippen molar-refractivity contribution >= 4 is 0 Å². The van der Waals surface area contributed by atoms with Gasteiger partial charge in [0.05, 0.1) is 11.7 Å². The number of aliphatic hydroxyl groups is 1. The summed E-state index contributed by atoms with van der Waals surface area (Å²) in [6.07, 6.45) is 7.41. The van der Waals surface area contributed by atoms with E-state index in [0.717, 1.165) is 31.2 Å². The molecule has 2 nitrogen and oxygen atoms in total. The molecule has 0 aromatic heterocycles. The Morgan fingerprint density at radius 1 is 1.25 bits per heavy atom. The molecule has 1 aromatic carbocycles. The summed E-state index contributed by atoms with van der Waals surface area (Å²) in [5.41, 5.74) is 0.670. The van der Waals surface area contributed by atoms with Gasteiger partial charge < -0.3 is 5.11 Å². The lowest BCUT2D eigenvalue weighted by Crippen LogP contribution is -2.53. The maximum absolute atomic E-state index is 11.3. The summed E-state index contributed by atoms with van der Waals surface area (Å²) in [5, 5.41) is 21.2. The van der Waals surface area contributed by atoms with E-state index in [-0.39, 0.29) is 5.92 Å². The van der Waals surface area contributed by atoms with E-state index in [1.54, 1.807) is 0 Å². The molecule has 0 spiro atoms. The second kappa shape index (κ2) is 4.90. The summed E-state index contributed by atoms with van der Waals surface area (Å²) in [6, 6.07) is 10.7. The highest BCUT2D eigenvalue weighted by molar-refractivity contribution is 5.47. The lowest BCUT2D eigenvalue weighted by Gasteiger charge is -2.45. The minimum Gasteiger partial charge on any atom is -0.388 e. The van der Waals surface area contributed by atoms with Gasteiger partial charge in [0.15, 0.2) is 0 Å². The molecule has 0 amide bonds. The Morgan fingerprint density at radius 2 is 1.95 bits per heavy atom. The third-order valence-electron chi connectivity index (χ3n) is 5.70. The first kappa shape index (κ1) is 13.6. The summed E-state index contributed by atoms with van der Waals surface area (Å²) in [5.74, 6) is 0.252. The fourth-order valence-corrected chi connectivity index (χ4v) is 4.38. The first-order chi connectivity index (χ1) is 9.62. The van der Waals surface area contributed by atoms with Crippen LogP contribution in [0.2, 0.25) is 0 Å². The smallest absolute Gasteiger partial charge is 0.111 e. The van der Waals surface area contributed by atoms with Crippen LogP contribution in [0.3, 0.4) is 0 Å². The van der Waals surface area contributed by atoms with Crippen LogP contribution in [0, 0.1) is 17.2 Å². The number of aryl methyl sites for hydroxylation is 1. The van der Waals surface area contributed by atoms with Gasteiger partial charge in [0.2, 0.25) is 0 Å². The molecule has 2 atom stereocenters. The van der Waals surface area contributed by atoms with Gasteiger partial charge in [0.25, 0.3) is 0 Å². The Hall–Kier alpha value is -1.33. The van der Waals surface area contributed by atoms with Crippen molar-refractivity contribution in [1.29, 1.82) is 5.26 Å². The second-order valence-corrected chi connectivity index (χ2v) is 6.66. The van der Waals surface area contributed by atoms with Crippen LogP contribution in [0.5, 0.6) is 0 Å². The predicted molar refractivity (Wildman–Crippen MR) is 79.3 cm³/mol. The largest absolute Gasteiger partial charge is 0.388 e. The molecule has 1 aromatic rings. The van der Waals surface area contributed by atoms with E-state index >= 15 is 0 Å². The quantitative estimate of drug-likeness (QED) is 0.889. The molecular formula is C18H23NO. The van der Waals surface area contributed by atoms with Gasteiger partial charge in [0.1, 0.15) is 5.41 Å². The summed E-state index contributed by atoms with van der Waals surface area (Å²) in [7, 11) is 0. The Kier molecular flexibility index (Phi) is 3.34. The molecule has 0 radical (unpaired) electrons. The van der Waals surface area contributed by atoms with Crippen LogP contribution in [0.15, 0.2) is 24.3 Å². The van der Waals surface area contributed by atoms with Gasteiger partial charge in [-0.05, 0) is 49.7 Å². The highest BCUT2D eigenvalue weighted by Gasteiger charge is 2.55. The number of hydrogen-bond donors (Lipinski definition) is 1. The molecule has 3 rings (SSSR count). The van der Waals surface area contributed by atoms with Crippen molar-refractivity contribution in [1.82, 2.24) is 0 Å². The summed E-state index contributed by atoms with van der Waals surface area (Å²) in [4.78, 5) is 0. The topological polar surface area (TPSA) is 44.0 Å². The van der Waals surface area contributed by atoms with Crippen LogP contribution >= 0.6 is 0 Å². The third-order valence-corrected chi connectivity index (χ3v) is 5.70. The predicted octanol–water partition coefficient (Wildman–Crippen LogP) is 3.73. The Balaban J connectivity index is 2.04. The Morgan fingerprint density at radius 3 is 2.65 bits per heavy atom. The lowest BCUT2D eigenvalue weighted by molar-refractivity contribution is -0.0643. The zero-order valence-corrected chi connectivity index (χ0v) is 12.2. The second-order valence-electron chi connectivity index (χ2n) is 6.66. The number of hydrogen-bond acceptors (Lipinski definition) is 2. The van der Waals surface area contributed by atoms with Crippen molar-refractivity contribution < 1.29 is 5.11 Å². The average molecular weight is 269 g/mol. The van der Waals surface area contributed by atoms with E-state index in [1.165, 1.54) is 24.8 Å². The molecule has 0 bridgehead atoms. The van der Waals surface area contributed by atoms with Gasteiger partial charge in [-0.25, -0.2) is 0 Å². The van der Waals surface area contributed by atoms with Crippen LogP contribution < -0.4 is 0 Å². The van der Waals surface area contributed by atoms with E-state index in [0.29, 0.717) is 0 Å². The Bertz CT molecular complexity index is 537. The van der Waals surface area contributed by atoms with Gasteiger partial charge in [-0.15, -0.1) is 0 Å². The van der Waals surface area contributed by atoms with Gasteiger partial charge in [-0.1, -0.05) is 43.5 Å². The fourth-order valence-electron chi connectivity index (χ4n) is 4.38. The first-order valence-corrected chi connectivity index (χ1v) is 7.84. The van der Waals surface area contributed by atoms with E-state index < -0.39 is 11.0 Å². The maximum atomic E-state index is 11.3. The van der Waals surface area contributed by atoms with Gasteiger partial charge in [0, 0.05) is 0 Å². The molecule has 1 fully saturated rings. The average Bonchev–Trinajstić information content (AvgIpc) is 2.88. The number of rotatable bonds is 2. The van der Waals surface area contributed by atoms with Crippen molar-refractivity contribution in [2.24, 2.45) is 5.92 Å². The molecule has 0 heterocycles. The monoisotopic (exact) mass is 269 g/mol. The van der Waals surface area contributed by atoms with Gasteiger partial charge >= 0.3 is 0 Å². The molecule has 2 heteroatoms. The van der Waals surface area contributed by atoms with Crippen LogP contribution in [0.4, 0.5) is 0 Å². The number of nitrogens with zero attached hydrogens (tertiary/aromatic N) is 1. The molecule has 20 heavy (non-hydrogen) atoms. The summed E-state index contributed by atoms with van der Waals surface area (Å²) >= 11 is 0. The van der Waals surface area contributed by atoms with Gasteiger partial charge in [-0.3, -0.25) is 0 Å². The minimum absolute atomic E-state index is 0.252. The molecular weight excluding hydrogens is 246 g/mol. The summed E-state index contributed by atoms with van der Waals surface area (Å²) < 4.78 is 0. The molecule has 0 saturated heterocycles. The normalized spacial score (nSPS) is 29.4. The van der Waals surface area contributed by atoms with Crippen molar-refractivity contribution in [2.75, 3.05) is 0 Å². The molecule has 2 aliphatic rings.